The van der Waals surface area contributed by atoms with Gasteiger partial charge in [-0.25, -0.2) is 0 Å². The standard InChI is InChI=1S/C17H16F3N3O/c1-10(2)23-14-9-11(7-8-13(14)16(21)22-23)12-5-3-4-6-15(12)24-17(18,19)20/h3-10H,1-2H3,(H2,21,22). The number of nitrogen functional groups attached to an aromatic ring is 1. The summed E-state index contributed by atoms with van der Waals surface area (Å²) < 4.78 is 43.7. The normalized spacial score (nSPS) is 12.1. The van der Waals surface area contributed by atoms with Crippen molar-refractivity contribution >= 4 is 16.7 Å². The quantitative estimate of drug-likeness (QED) is 0.750. The molecule has 3 rings (SSSR count). The maximum absolute atomic E-state index is 12.6. The minimum atomic E-state index is -4.75. The van der Waals surface area contributed by atoms with Gasteiger partial charge in [-0.15, -0.1) is 13.2 Å². The van der Waals surface area contributed by atoms with E-state index in [-0.39, 0.29) is 11.8 Å². The van der Waals surface area contributed by atoms with Crippen LogP contribution in [0.15, 0.2) is 42.5 Å². The van der Waals surface area contributed by atoms with Crippen LogP contribution in [0.4, 0.5) is 19.0 Å². The summed E-state index contributed by atoms with van der Waals surface area (Å²) in [5.74, 6) is 0.151. The van der Waals surface area contributed by atoms with Crippen molar-refractivity contribution in [3.63, 3.8) is 0 Å². The molecule has 0 aliphatic heterocycles. The molecule has 24 heavy (non-hydrogen) atoms. The molecular formula is C17H16F3N3O. The number of aromatic nitrogens is 2. The van der Waals surface area contributed by atoms with Crippen LogP contribution in [0.5, 0.6) is 5.75 Å². The predicted molar refractivity (Wildman–Crippen MR) is 86.6 cm³/mol. The highest BCUT2D eigenvalue weighted by Crippen LogP contribution is 2.36. The average Bonchev–Trinajstić information content (AvgIpc) is 2.83. The molecule has 2 aromatic carbocycles. The number of hydrogen-bond donors (Lipinski definition) is 1. The number of para-hydroxylation sites is 1. The van der Waals surface area contributed by atoms with Crippen molar-refractivity contribution in [2.75, 3.05) is 5.73 Å². The fourth-order valence-electron chi connectivity index (χ4n) is 2.64. The van der Waals surface area contributed by atoms with Crippen LogP contribution in [-0.4, -0.2) is 16.1 Å². The van der Waals surface area contributed by atoms with Crippen LogP contribution in [0.2, 0.25) is 0 Å². The molecule has 0 fully saturated rings. The summed E-state index contributed by atoms with van der Waals surface area (Å²) in [6, 6.07) is 11.4. The van der Waals surface area contributed by atoms with Gasteiger partial charge in [0.25, 0.3) is 0 Å². The van der Waals surface area contributed by atoms with Crippen molar-refractivity contribution in [1.29, 1.82) is 0 Å². The van der Waals surface area contributed by atoms with E-state index in [1.807, 2.05) is 13.8 Å². The lowest BCUT2D eigenvalue weighted by atomic mass is 10.0. The monoisotopic (exact) mass is 335 g/mol. The second-order valence-corrected chi connectivity index (χ2v) is 5.70. The zero-order valence-corrected chi connectivity index (χ0v) is 13.1. The van der Waals surface area contributed by atoms with Crippen molar-refractivity contribution in [3.8, 4) is 16.9 Å². The summed E-state index contributed by atoms with van der Waals surface area (Å²) in [7, 11) is 0. The Bertz CT molecular complexity index is 884. The van der Waals surface area contributed by atoms with Crippen LogP contribution in [0.1, 0.15) is 19.9 Å². The lowest BCUT2D eigenvalue weighted by molar-refractivity contribution is -0.274. The molecular weight excluding hydrogens is 319 g/mol. The Hall–Kier alpha value is -2.70. The van der Waals surface area contributed by atoms with Crippen molar-refractivity contribution in [3.05, 3.63) is 42.5 Å². The van der Waals surface area contributed by atoms with Gasteiger partial charge in [-0.2, -0.15) is 5.10 Å². The number of benzene rings is 2. The molecule has 2 N–H and O–H groups in total. The first-order chi connectivity index (χ1) is 11.3. The third kappa shape index (κ3) is 3.02. The molecule has 1 aromatic heterocycles. The van der Waals surface area contributed by atoms with Crippen LogP contribution in [0.25, 0.3) is 22.0 Å². The zero-order valence-electron chi connectivity index (χ0n) is 13.1. The topological polar surface area (TPSA) is 53.1 Å². The van der Waals surface area contributed by atoms with Gasteiger partial charge in [-0.05, 0) is 37.6 Å². The summed E-state index contributed by atoms with van der Waals surface area (Å²) in [5, 5.41) is 5.05. The summed E-state index contributed by atoms with van der Waals surface area (Å²) in [5.41, 5.74) is 7.63. The number of alkyl halides is 3. The average molecular weight is 335 g/mol. The van der Waals surface area contributed by atoms with Crippen molar-refractivity contribution < 1.29 is 17.9 Å². The van der Waals surface area contributed by atoms with Gasteiger partial charge in [0.1, 0.15) is 5.75 Å². The Kier molecular flexibility index (Phi) is 3.87. The molecule has 4 nitrogen and oxygen atoms in total. The largest absolute Gasteiger partial charge is 0.573 e. The number of nitrogens with zero attached hydrogens (tertiary/aromatic N) is 2. The molecule has 0 unspecified atom stereocenters. The first kappa shape index (κ1) is 16.2. The van der Waals surface area contributed by atoms with Crippen LogP contribution >= 0.6 is 0 Å². The maximum atomic E-state index is 12.6. The molecule has 126 valence electrons. The third-order valence-electron chi connectivity index (χ3n) is 3.65. The number of rotatable bonds is 3. The second-order valence-electron chi connectivity index (χ2n) is 5.70. The van der Waals surface area contributed by atoms with Gasteiger partial charge in [-0.3, -0.25) is 4.68 Å². The van der Waals surface area contributed by atoms with Gasteiger partial charge < -0.3 is 10.5 Å². The molecule has 0 atom stereocenters. The highest BCUT2D eigenvalue weighted by atomic mass is 19.4. The Balaban J connectivity index is 2.15. The van der Waals surface area contributed by atoms with E-state index in [4.69, 9.17) is 5.73 Å². The van der Waals surface area contributed by atoms with Crippen LogP contribution in [0.3, 0.4) is 0 Å². The summed E-state index contributed by atoms with van der Waals surface area (Å²) in [6.07, 6.45) is -4.75. The molecule has 0 amide bonds. The molecule has 0 spiro atoms. The van der Waals surface area contributed by atoms with Crippen LogP contribution in [0, 0.1) is 0 Å². The molecule has 0 aliphatic rings. The van der Waals surface area contributed by atoms with Crippen molar-refractivity contribution in [2.45, 2.75) is 26.3 Å². The van der Waals surface area contributed by atoms with E-state index < -0.39 is 6.36 Å². The summed E-state index contributed by atoms with van der Waals surface area (Å²) >= 11 is 0. The van der Waals surface area contributed by atoms with Crippen LogP contribution < -0.4 is 10.5 Å². The molecule has 3 aromatic rings. The number of anilines is 1. The molecule has 0 radical (unpaired) electrons. The van der Waals surface area contributed by atoms with Crippen LogP contribution in [-0.2, 0) is 0 Å². The van der Waals surface area contributed by atoms with Gasteiger partial charge in [0.2, 0.25) is 0 Å². The second kappa shape index (κ2) is 5.74. The van der Waals surface area contributed by atoms with Gasteiger partial charge >= 0.3 is 6.36 Å². The van der Waals surface area contributed by atoms with Gasteiger partial charge in [0, 0.05) is 17.0 Å². The summed E-state index contributed by atoms with van der Waals surface area (Å²) in [6.45, 7) is 3.92. The SMILES string of the molecule is CC(C)n1nc(N)c2ccc(-c3ccccc3OC(F)(F)F)cc21. The first-order valence-electron chi connectivity index (χ1n) is 7.39. The minimum Gasteiger partial charge on any atom is -0.405 e. The fourth-order valence-corrected chi connectivity index (χ4v) is 2.64. The smallest absolute Gasteiger partial charge is 0.405 e. The van der Waals surface area contributed by atoms with E-state index in [0.717, 1.165) is 10.9 Å². The maximum Gasteiger partial charge on any atom is 0.573 e. The highest BCUT2D eigenvalue weighted by molar-refractivity contribution is 5.93. The molecule has 0 bridgehead atoms. The van der Waals surface area contributed by atoms with Gasteiger partial charge in [0.05, 0.1) is 5.52 Å². The van der Waals surface area contributed by atoms with E-state index in [2.05, 4.69) is 9.84 Å². The number of hydrogen-bond acceptors (Lipinski definition) is 3. The number of fused-ring (bicyclic) bond motifs is 1. The zero-order chi connectivity index (χ0) is 17.5. The highest BCUT2D eigenvalue weighted by Gasteiger charge is 2.32. The molecule has 7 heteroatoms. The Labute approximate surface area is 136 Å². The first-order valence-corrected chi connectivity index (χ1v) is 7.39. The van der Waals surface area contributed by atoms with E-state index >= 15 is 0 Å². The Morgan fingerprint density at radius 1 is 1.12 bits per heavy atom. The van der Waals surface area contributed by atoms with Crippen molar-refractivity contribution in [2.24, 2.45) is 0 Å². The van der Waals surface area contributed by atoms with E-state index in [1.165, 1.54) is 12.1 Å². The fraction of sp³-hybridized carbons (Fsp3) is 0.235. The molecule has 0 saturated heterocycles. The lowest BCUT2D eigenvalue weighted by Crippen LogP contribution is -2.17. The molecule has 1 heterocycles. The summed E-state index contributed by atoms with van der Waals surface area (Å²) in [4.78, 5) is 0. The lowest BCUT2D eigenvalue weighted by Gasteiger charge is -2.14. The van der Waals surface area contributed by atoms with Gasteiger partial charge in [0.15, 0.2) is 5.82 Å². The molecule has 0 aliphatic carbocycles. The minimum absolute atomic E-state index is 0.0710. The number of halogens is 3. The Morgan fingerprint density at radius 3 is 2.50 bits per heavy atom. The number of nitrogens with two attached hydrogens (primary N) is 1. The predicted octanol–water partition coefficient (Wildman–Crippen LogP) is 4.77. The van der Waals surface area contributed by atoms with Gasteiger partial charge in [-0.1, -0.05) is 24.3 Å². The Morgan fingerprint density at radius 2 is 1.83 bits per heavy atom. The van der Waals surface area contributed by atoms with E-state index in [0.29, 0.717) is 16.9 Å². The third-order valence-corrected chi connectivity index (χ3v) is 3.65. The molecule has 0 saturated carbocycles. The van der Waals surface area contributed by atoms with E-state index in [1.54, 1.807) is 35.0 Å². The number of ether oxygens (including phenoxy) is 1. The van der Waals surface area contributed by atoms with E-state index in [9.17, 15) is 13.2 Å². The van der Waals surface area contributed by atoms with Crippen molar-refractivity contribution in [1.82, 2.24) is 9.78 Å².